The molecule has 4 aromatic carbocycles. The van der Waals surface area contributed by atoms with E-state index in [2.05, 4.69) is 150 Å². The van der Waals surface area contributed by atoms with E-state index in [4.69, 9.17) is 9.87 Å². The van der Waals surface area contributed by atoms with E-state index >= 15 is 0 Å². The largest absolute Gasteiger partial charge is 0.155 e. The molecule has 0 N–H and O–H groups in total. The fourth-order valence-electron chi connectivity index (χ4n) is 4.25. The van der Waals surface area contributed by atoms with Crippen LogP contribution >= 0.6 is 31.5 Å². The fraction of sp³-hybridized carbons (Fsp3) is 0.129. The van der Waals surface area contributed by atoms with Gasteiger partial charge in [-0.15, -0.1) is 9.36 Å². The molecule has 5 rings (SSSR count). The molecule has 52 heavy (non-hydrogen) atoms. The van der Waals surface area contributed by atoms with E-state index in [1.807, 2.05) is 0 Å². The van der Waals surface area contributed by atoms with Crippen molar-refractivity contribution in [1.29, 1.82) is 0 Å². The topological polar surface area (TPSA) is 41.6 Å². The number of rotatable bonds is 10. The minimum absolute atomic E-state index is 0. The van der Waals surface area contributed by atoms with Gasteiger partial charge in [0.15, 0.2) is 12.4 Å². The molecule has 0 unspecified atom stereocenters. The van der Waals surface area contributed by atoms with Crippen molar-refractivity contribution in [3.05, 3.63) is 140 Å². The maximum Gasteiger partial charge on any atom is 0.155 e. The van der Waals surface area contributed by atoms with Gasteiger partial charge in [0.05, 0.1) is 5.21 Å². The Morgan fingerprint density at radius 3 is 1.08 bits per heavy atom. The molecule has 1 heterocycles. The number of benzene rings is 4. The van der Waals surface area contributed by atoms with Gasteiger partial charge in [-0.05, 0) is 37.1 Å². The van der Waals surface area contributed by atoms with Crippen LogP contribution in [0.2, 0.25) is 0 Å². The summed E-state index contributed by atoms with van der Waals surface area (Å²) in [7, 11) is -22.1. The van der Waals surface area contributed by atoms with Crippen LogP contribution in [-0.4, -0.2) is 22.2 Å². The second-order valence-electron chi connectivity index (χ2n) is 10.3. The summed E-state index contributed by atoms with van der Waals surface area (Å²) in [6.07, 6.45) is 6.39. The minimum Gasteiger partial charge on any atom is -0.137 e. The van der Waals surface area contributed by atoms with Crippen molar-refractivity contribution < 1.29 is 79.2 Å². The van der Waals surface area contributed by atoms with Gasteiger partial charge in [-0.3, -0.25) is 0 Å². The Morgan fingerprint density at radius 1 is 0.519 bits per heavy atom. The molecule has 0 atom stereocenters. The van der Waals surface area contributed by atoms with Gasteiger partial charge in [0.2, 0.25) is 0 Å². The quantitative estimate of drug-likeness (QED) is 0.0344. The maximum atomic E-state index is 9.87. The van der Waals surface area contributed by atoms with E-state index in [0.29, 0.717) is 0 Å². The molecule has 21 heteroatoms. The predicted octanol–water partition coefficient (Wildman–Crippen LogP) is 11.2. The number of hydrogen-bond donors (Lipinski definition) is 0. The molecule has 1 aromatic heterocycles. The zero-order chi connectivity index (χ0) is 38.5. The second kappa shape index (κ2) is 17.6. The van der Waals surface area contributed by atoms with Gasteiger partial charge >= 0.3 is 77.3 Å². The summed E-state index contributed by atoms with van der Waals surface area (Å²) < 4.78 is 130. The molecule has 0 spiro atoms. The SMILES string of the molecule is F[P-](F)(F)(F)(F)F.F[P-](F)(F)(F)(F)F.[C-]#[O+].[Rh].c1ccc(P(CCn2cc[n+](CCP(c3ccccc3)c3ccccc3)n2)c2ccccc2)cc1. The van der Waals surface area contributed by atoms with E-state index in [-0.39, 0.29) is 19.5 Å². The van der Waals surface area contributed by atoms with Crippen LogP contribution in [0.15, 0.2) is 134 Å². The fourth-order valence-corrected chi connectivity index (χ4v) is 8.82. The summed E-state index contributed by atoms with van der Waals surface area (Å²) in [5.41, 5.74) is 0. The number of nitrogens with zero attached hydrogens (tertiary/aromatic N) is 3. The Bertz CT molecular complexity index is 1570. The standard InChI is InChI=1S/C30H30N3P2.CO.2F6P.Rh/c1-5-13-27(14-6-1)34(28-15-7-2-8-16-28)25-23-32-21-22-33(31-32)24-26-35(29-17-9-3-10-18-29)30-19-11-4-12-20-30;1-2;2*1-7(2,3,4,5)6;/h1-22H,23-26H2;;;;/q+1;;2*-1;. The van der Waals surface area contributed by atoms with Gasteiger partial charge in [0.1, 0.15) is 13.1 Å². The molecular weight excluding hydrogens is 885 g/mol. The number of aryl methyl sites for hydroxylation is 2. The summed E-state index contributed by atoms with van der Waals surface area (Å²) in [5, 5.41) is 10.6. The first-order chi connectivity index (χ1) is 23.3. The van der Waals surface area contributed by atoms with Crippen LogP contribution in [0.25, 0.3) is 0 Å². The van der Waals surface area contributed by atoms with Gasteiger partial charge in [-0.25, -0.2) is 0 Å². The molecule has 0 aliphatic rings. The summed E-state index contributed by atoms with van der Waals surface area (Å²) in [4.78, 5) is 0. The second-order valence-corrected chi connectivity index (χ2v) is 18.8. The molecule has 0 aliphatic carbocycles. The zero-order valence-corrected chi connectivity index (χ0v) is 31.7. The van der Waals surface area contributed by atoms with Crippen molar-refractivity contribution in [2.75, 3.05) is 12.3 Å². The van der Waals surface area contributed by atoms with E-state index in [1.165, 1.54) is 21.2 Å². The smallest absolute Gasteiger partial charge is 0.137 e. The van der Waals surface area contributed by atoms with Crippen LogP contribution in [0.3, 0.4) is 0 Å². The van der Waals surface area contributed by atoms with E-state index in [0.717, 1.165) is 25.4 Å². The van der Waals surface area contributed by atoms with Crippen molar-refractivity contribution in [3.8, 4) is 0 Å². The van der Waals surface area contributed by atoms with Crippen LogP contribution in [-0.2, 0) is 37.2 Å². The first-order valence-corrected chi connectivity index (χ1v) is 21.4. The molecule has 0 fully saturated rings. The number of aromatic nitrogens is 3. The molecule has 0 saturated heterocycles. The van der Waals surface area contributed by atoms with E-state index in [9.17, 15) is 50.4 Å². The van der Waals surface area contributed by atoms with Crippen molar-refractivity contribution in [2.24, 2.45) is 0 Å². The Hall–Kier alpha value is -2.74. The molecule has 0 aliphatic heterocycles. The van der Waals surface area contributed by atoms with Crippen LogP contribution in [0.1, 0.15) is 0 Å². The molecule has 1 radical (unpaired) electrons. The molecule has 289 valence electrons. The molecule has 4 nitrogen and oxygen atoms in total. The monoisotopic (exact) mass is 915 g/mol. The average molecular weight is 915 g/mol. The first-order valence-electron chi connectivity index (χ1n) is 14.3. The Labute approximate surface area is 306 Å². The normalized spacial score (nSPS) is 13.8. The number of hydrogen-bond acceptors (Lipinski definition) is 1. The third kappa shape index (κ3) is 24.5. The molecule has 0 saturated carbocycles. The predicted molar refractivity (Wildman–Crippen MR) is 181 cm³/mol. The maximum absolute atomic E-state index is 10.7. The van der Waals surface area contributed by atoms with Crippen molar-refractivity contribution in [1.82, 2.24) is 9.90 Å². The molecule has 0 bridgehead atoms. The minimum atomic E-state index is -10.7. The summed E-state index contributed by atoms with van der Waals surface area (Å²) in [6.45, 7) is 6.32. The molecular formula is C31H30F12N3OP4Rh-. The first kappa shape index (κ1) is 47.3. The number of halogens is 12. The summed E-state index contributed by atoms with van der Waals surface area (Å²) >= 11 is 0. The third-order valence-electron chi connectivity index (χ3n) is 6.02. The Kier molecular flexibility index (Phi) is 16.0. The van der Waals surface area contributed by atoms with Gasteiger partial charge in [-0.2, -0.15) is 0 Å². The van der Waals surface area contributed by atoms with Gasteiger partial charge in [-0.1, -0.05) is 121 Å². The van der Waals surface area contributed by atoms with Crippen LogP contribution in [0.5, 0.6) is 0 Å². The van der Waals surface area contributed by atoms with Crippen molar-refractivity contribution in [3.63, 3.8) is 0 Å². The van der Waals surface area contributed by atoms with Crippen LogP contribution in [0, 0.1) is 6.65 Å². The zero-order valence-electron chi connectivity index (χ0n) is 26.4. The average Bonchev–Trinajstić information content (AvgIpc) is 3.49. The molecule has 5 aromatic rings. The summed E-state index contributed by atoms with van der Waals surface area (Å²) in [5.74, 6) is 0. The van der Waals surface area contributed by atoms with Gasteiger partial charge in [0, 0.05) is 31.8 Å². The molecule has 0 amide bonds. The van der Waals surface area contributed by atoms with Gasteiger partial charge < -0.3 is 0 Å². The Morgan fingerprint density at radius 2 is 0.788 bits per heavy atom. The van der Waals surface area contributed by atoms with E-state index in [1.54, 1.807) is 0 Å². The van der Waals surface area contributed by atoms with E-state index < -0.39 is 31.5 Å². The summed E-state index contributed by atoms with van der Waals surface area (Å²) in [6, 6.07) is 43.6. The van der Waals surface area contributed by atoms with Crippen LogP contribution < -0.4 is 25.9 Å². The third-order valence-corrected chi connectivity index (χ3v) is 11.0. The Balaban J connectivity index is 0.000000671. The van der Waals surface area contributed by atoms with Gasteiger partial charge in [0.25, 0.3) is 0 Å². The van der Waals surface area contributed by atoms with Crippen molar-refractivity contribution >= 4 is 52.7 Å². The van der Waals surface area contributed by atoms with Crippen LogP contribution in [0.4, 0.5) is 50.4 Å². The van der Waals surface area contributed by atoms with Crippen molar-refractivity contribution in [2.45, 2.75) is 13.1 Å².